The summed E-state index contributed by atoms with van der Waals surface area (Å²) >= 11 is 5.74. The van der Waals surface area contributed by atoms with E-state index in [0.29, 0.717) is 0 Å². The van der Waals surface area contributed by atoms with Crippen molar-refractivity contribution in [2.75, 3.05) is 0 Å². The number of nitrogens with zero attached hydrogens (tertiary/aromatic N) is 3. The maximum atomic E-state index is 11.8. The second-order valence-corrected chi connectivity index (χ2v) is 4.84. The van der Waals surface area contributed by atoms with Gasteiger partial charge in [0.05, 0.1) is 16.3 Å². The van der Waals surface area contributed by atoms with Gasteiger partial charge < -0.3 is 10.2 Å². The summed E-state index contributed by atoms with van der Waals surface area (Å²) in [5, 5.41) is 35.0. The van der Waals surface area contributed by atoms with Crippen LogP contribution in [0.1, 0.15) is 21.5 Å². The number of nitriles is 1. The van der Waals surface area contributed by atoms with E-state index in [1.54, 1.807) is 6.07 Å². The predicted octanol–water partition coefficient (Wildman–Crippen LogP) is 3.03. The number of aromatic nitrogens is 1. The number of halogens is 1. The van der Waals surface area contributed by atoms with Crippen LogP contribution < -0.4 is 5.56 Å². The molecular weight excluding hydrogens is 324 g/mol. The van der Waals surface area contributed by atoms with Crippen LogP contribution in [0.15, 0.2) is 33.2 Å². The Labute approximate surface area is 134 Å². The number of aromatic hydroxyl groups is 1. The van der Waals surface area contributed by atoms with Crippen molar-refractivity contribution in [2.24, 2.45) is 10.2 Å². The monoisotopic (exact) mass is 332 g/mol. The average molecular weight is 333 g/mol. The molecule has 2 aromatic rings. The summed E-state index contributed by atoms with van der Waals surface area (Å²) in [4.78, 5) is 24.9. The van der Waals surface area contributed by atoms with Crippen LogP contribution in [0.2, 0.25) is 5.02 Å². The molecule has 1 aromatic carbocycles. The molecule has 0 fully saturated rings. The van der Waals surface area contributed by atoms with Gasteiger partial charge in [-0.2, -0.15) is 10.4 Å². The Bertz CT molecular complexity index is 928. The van der Waals surface area contributed by atoms with Gasteiger partial charge in [-0.15, -0.1) is 5.11 Å². The Hall–Kier alpha value is -3.18. The molecule has 0 spiro atoms. The number of H-pyrrole nitrogens is 1. The molecule has 8 nitrogen and oxygen atoms in total. The normalized spacial score (nSPS) is 10.7. The first-order valence-electron chi connectivity index (χ1n) is 6.15. The number of carboxylic acid groups (broad SMARTS) is 1. The molecule has 23 heavy (non-hydrogen) atoms. The third-order valence-corrected chi connectivity index (χ3v) is 3.30. The minimum atomic E-state index is -1.22. The number of rotatable bonds is 3. The minimum absolute atomic E-state index is 0.0434. The molecule has 9 heteroatoms. The molecule has 0 aliphatic carbocycles. The fourth-order valence-electron chi connectivity index (χ4n) is 1.80. The van der Waals surface area contributed by atoms with Crippen LogP contribution in [-0.2, 0) is 0 Å². The standard InChI is InChI=1S/C14H9ClN4O4/c1-6-9(5-16)12(20)17-13(21)11(6)19-18-7-2-3-10(15)8(4-7)14(22)23/h2-4H,1H3,(H,22,23)(H2,17,20,21). The van der Waals surface area contributed by atoms with Crippen molar-refractivity contribution >= 4 is 28.9 Å². The van der Waals surface area contributed by atoms with Crippen molar-refractivity contribution in [1.82, 2.24) is 4.98 Å². The molecule has 0 atom stereocenters. The van der Waals surface area contributed by atoms with E-state index in [-0.39, 0.29) is 33.1 Å². The number of azo groups is 1. The van der Waals surface area contributed by atoms with Crippen molar-refractivity contribution in [3.63, 3.8) is 0 Å². The van der Waals surface area contributed by atoms with Crippen LogP contribution in [0.5, 0.6) is 5.88 Å². The Morgan fingerprint density at radius 1 is 1.39 bits per heavy atom. The molecule has 0 bridgehead atoms. The zero-order chi connectivity index (χ0) is 17.1. The molecule has 0 saturated carbocycles. The van der Waals surface area contributed by atoms with Gasteiger partial charge >= 0.3 is 5.97 Å². The molecule has 0 radical (unpaired) electrons. The lowest BCUT2D eigenvalue weighted by Crippen LogP contribution is -2.08. The largest absolute Gasteiger partial charge is 0.494 e. The fraction of sp³-hybridized carbons (Fsp3) is 0.0714. The SMILES string of the molecule is Cc1c(C#N)c(O)[nH]c(=O)c1N=Nc1ccc(Cl)c(C(=O)O)c1. The van der Waals surface area contributed by atoms with Crippen molar-refractivity contribution in [2.45, 2.75) is 6.92 Å². The van der Waals surface area contributed by atoms with E-state index in [1.165, 1.54) is 25.1 Å². The number of aromatic amines is 1. The summed E-state index contributed by atoms with van der Waals surface area (Å²) in [6.45, 7) is 1.44. The zero-order valence-corrected chi connectivity index (χ0v) is 12.4. The summed E-state index contributed by atoms with van der Waals surface area (Å²) in [7, 11) is 0. The number of aromatic carboxylic acids is 1. The molecular formula is C14H9ClN4O4. The summed E-state index contributed by atoms with van der Waals surface area (Å²) in [5.41, 5.74) is -0.846. The van der Waals surface area contributed by atoms with Crippen LogP contribution in [0.25, 0.3) is 0 Å². The third kappa shape index (κ3) is 3.20. The molecule has 0 aliphatic heterocycles. The van der Waals surface area contributed by atoms with Gasteiger partial charge in [0.1, 0.15) is 11.6 Å². The van der Waals surface area contributed by atoms with Gasteiger partial charge in [-0.25, -0.2) is 4.79 Å². The van der Waals surface area contributed by atoms with Crippen molar-refractivity contribution < 1.29 is 15.0 Å². The van der Waals surface area contributed by atoms with E-state index >= 15 is 0 Å². The molecule has 2 rings (SSSR count). The van der Waals surface area contributed by atoms with E-state index in [0.717, 1.165) is 0 Å². The highest BCUT2D eigenvalue weighted by molar-refractivity contribution is 6.33. The minimum Gasteiger partial charge on any atom is -0.494 e. The van der Waals surface area contributed by atoms with Crippen molar-refractivity contribution in [3.8, 4) is 11.9 Å². The van der Waals surface area contributed by atoms with Gasteiger partial charge in [-0.1, -0.05) is 11.6 Å². The third-order valence-electron chi connectivity index (χ3n) is 2.97. The zero-order valence-electron chi connectivity index (χ0n) is 11.7. The molecule has 0 aliphatic rings. The van der Waals surface area contributed by atoms with Gasteiger partial charge in [0.25, 0.3) is 5.56 Å². The molecule has 1 heterocycles. The number of nitrogens with one attached hydrogen (secondary N) is 1. The first kappa shape index (κ1) is 16.2. The summed E-state index contributed by atoms with van der Waals surface area (Å²) in [5.74, 6) is -1.77. The van der Waals surface area contributed by atoms with Crippen LogP contribution in [-0.4, -0.2) is 21.2 Å². The first-order chi connectivity index (χ1) is 10.8. The van der Waals surface area contributed by atoms with Crippen LogP contribution in [0.3, 0.4) is 0 Å². The van der Waals surface area contributed by atoms with Crippen LogP contribution >= 0.6 is 11.6 Å². The number of hydrogen-bond acceptors (Lipinski definition) is 6. The highest BCUT2D eigenvalue weighted by Crippen LogP contribution is 2.26. The van der Waals surface area contributed by atoms with Gasteiger partial charge in [0, 0.05) is 5.56 Å². The van der Waals surface area contributed by atoms with Crippen molar-refractivity contribution in [3.05, 3.63) is 50.3 Å². The summed E-state index contributed by atoms with van der Waals surface area (Å²) in [6.07, 6.45) is 0. The highest BCUT2D eigenvalue weighted by atomic mass is 35.5. The molecule has 1 aromatic heterocycles. The first-order valence-corrected chi connectivity index (χ1v) is 6.53. The van der Waals surface area contributed by atoms with Gasteiger partial charge in [0.15, 0.2) is 5.69 Å². The summed E-state index contributed by atoms with van der Waals surface area (Å²) < 4.78 is 0. The van der Waals surface area contributed by atoms with Gasteiger partial charge in [0.2, 0.25) is 5.88 Å². The number of pyridine rings is 1. The highest BCUT2D eigenvalue weighted by Gasteiger charge is 2.14. The summed E-state index contributed by atoms with van der Waals surface area (Å²) in [6, 6.07) is 5.71. The molecule has 0 unspecified atom stereocenters. The molecule has 0 amide bonds. The van der Waals surface area contributed by atoms with E-state index in [4.69, 9.17) is 22.0 Å². The van der Waals surface area contributed by atoms with E-state index in [1.807, 2.05) is 0 Å². The Morgan fingerprint density at radius 2 is 2.09 bits per heavy atom. The number of carboxylic acids is 1. The molecule has 3 N–H and O–H groups in total. The molecule has 0 saturated heterocycles. The maximum Gasteiger partial charge on any atom is 0.337 e. The number of hydrogen-bond donors (Lipinski definition) is 3. The Kier molecular flexibility index (Phi) is 4.43. The number of carbonyl (C=O) groups is 1. The molecule has 116 valence electrons. The van der Waals surface area contributed by atoms with Crippen LogP contribution in [0.4, 0.5) is 11.4 Å². The predicted molar refractivity (Wildman–Crippen MR) is 80.8 cm³/mol. The fourth-order valence-corrected chi connectivity index (χ4v) is 2.00. The maximum absolute atomic E-state index is 11.8. The Balaban J connectivity index is 2.50. The van der Waals surface area contributed by atoms with Crippen LogP contribution in [0, 0.1) is 18.3 Å². The lowest BCUT2D eigenvalue weighted by molar-refractivity contribution is 0.0697. The topological polar surface area (TPSA) is 139 Å². The second-order valence-electron chi connectivity index (χ2n) is 4.43. The average Bonchev–Trinajstić information content (AvgIpc) is 2.48. The van der Waals surface area contributed by atoms with Gasteiger partial charge in [-0.05, 0) is 25.1 Å². The lowest BCUT2D eigenvalue weighted by Gasteiger charge is -2.03. The quantitative estimate of drug-likeness (QED) is 0.741. The van der Waals surface area contributed by atoms with Crippen molar-refractivity contribution in [1.29, 1.82) is 5.26 Å². The Morgan fingerprint density at radius 3 is 2.70 bits per heavy atom. The van der Waals surface area contributed by atoms with E-state index in [9.17, 15) is 14.7 Å². The number of benzene rings is 1. The van der Waals surface area contributed by atoms with E-state index < -0.39 is 17.4 Å². The smallest absolute Gasteiger partial charge is 0.337 e. The van der Waals surface area contributed by atoms with Gasteiger partial charge in [-0.3, -0.25) is 9.78 Å². The second kappa shape index (κ2) is 6.29. The lowest BCUT2D eigenvalue weighted by atomic mass is 10.1. The van der Waals surface area contributed by atoms with E-state index in [2.05, 4.69) is 15.2 Å².